The van der Waals surface area contributed by atoms with E-state index >= 15 is 0 Å². The number of halogens is 1. The van der Waals surface area contributed by atoms with Gasteiger partial charge >= 0.3 is 0 Å². The van der Waals surface area contributed by atoms with Gasteiger partial charge in [-0.25, -0.2) is 4.98 Å². The number of rotatable bonds is 2. The number of anilines is 1. The van der Waals surface area contributed by atoms with Crippen LogP contribution in [0.3, 0.4) is 0 Å². The highest BCUT2D eigenvalue weighted by atomic mass is 35.5. The van der Waals surface area contributed by atoms with Gasteiger partial charge in [0.2, 0.25) is 0 Å². The monoisotopic (exact) mass is 260 g/mol. The van der Waals surface area contributed by atoms with E-state index in [1.807, 2.05) is 0 Å². The van der Waals surface area contributed by atoms with Gasteiger partial charge in [-0.05, 0) is 20.8 Å². The van der Waals surface area contributed by atoms with E-state index in [2.05, 4.69) is 30.7 Å². The van der Waals surface area contributed by atoms with Crippen molar-refractivity contribution >= 4 is 28.1 Å². The van der Waals surface area contributed by atoms with Gasteiger partial charge in [0.1, 0.15) is 0 Å². The lowest BCUT2D eigenvalue weighted by molar-refractivity contribution is 0.0364. The van der Waals surface area contributed by atoms with Crippen LogP contribution in [0.5, 0.6) is 0 Å². The van der Waals surface area contributed by atoms with Crippen LogP contribution < -0.4 is 4.90 Å². The molecule has 1 aliphatic heterocycles. The van der Waals surface area contributed by atoms with Gasteiger partial charge < -0.3 is 9.64 Å². The van der Waals surface area contributed by atoms with Crippen molar-refractivity contribution in [2.45, 2.75) is 32.9 Å². The number of thiazole rings is 1. The maximum atomic E-state index is 5.85. The van der Waals surface area contributed by atoms with Crippen LogP contribution in [0.25, 0.3) is 0 Å². The molecule has 0 aliphatic carbocycles. The normalized spacial score (nSPS) is 26.1. The number of hydrogen-bond acceptors (Lipinski definition) is 4. The first-order chi connectivity index (χ1) is 7.61. The zero-order valence-electron chi connectivity index (χ0n) is 9.86. The van der Waals surface area contributed by atoms with Crippen molar-refractivity contribution in [2.75, 3.05) is 23.9 Å². The van der Waals surface area contributed by atoms with Gasteiger partial charge in [0, 0.05) is 11.4 Å². The van der Waals surface area contributed by atoms with Crippen molar-refractivity contribution < 1.29 is 4.74 Å². The molecule has 0 spiro atoms. The van der Waals surface area contributed by atoms with Crippen molar-refractivity contribution in [1.29, 1.82) is 0 Å². The quantitative estimate of drug-likeness (QED) is 0.765. The molecule has 1 saturated heterocycles. The Morgan fingerprint density at radius 1 is 1.56 bits per heavy atom. The number of morpholine rings is 1. The topological polar surface area (TPSA) is 25.4 Å². The Bertz CT molecular complexity index is 349. The number of alkyl halides is 1. The summed E-state index contributed by atoms with van der Waals surface area (Å²) in [7, 11) is 0. The van der Waals surface area contributed by atoms with Gasteiger partial charge in [-0.3, -0.25) is 0 Å². The molecule has 0 bridgehead atoms. The summed E-state index contributed by atoms with van der Waals surface area (Å²) < 4.78 is 5.63. The number of aromatic nitrogens is 1. The van der Waals surface area contributed by atoms with Crippen LogP contribution in [-0.2, 0) is 4.74 Å². The Hall–Kier alpha value is -0.320. The van der Waals surface area contributed by atoms with E-state index in [1.54, 1.807) is 11.3 Å². The summed E-state index contributed by atoms with van der Waals surface area (Å²) in [5.41, 5.74) is 1.13. The average Bonchev–Trinajstić information content (AvgIpc) is 2.60. The summed E-state index contributed by atoms with van der Waals surface area (Å²) in [4.78, 5) is 8.19. The Balaban J connectivity index is 2.17. The second-order valence-corrected chi connectivity index (χ2v) is 5.74. The molecule has 2 heterocycles. The van der Waals surface area contributed by atoms with E-state index < -0.39 is 0 Å². The van der Waals surface area contributed by atoms with Gasteiger partial charge in [0.25, 0.3) is 0 Å². The highest BCUT2D eigenvalue weighted by Gasteiger charge is 2.27. The fraction of sp³-hybridized carbons (Fsp3) is 0.727. The maximum Gasteiger partial charge on any atom is 0.186 e. The summed E-state index contributed by atoms with van der Waals surface area (Å²) in [6, 6.07) is 0.379. The van der Waals surface area contributed by atoms with Crippen molar-refractivity contribution in [2.24, 2.45) is 0 Å². The first-order valence-electron chi connectivity index (χ1n) is 5.50. The third-order valence-electron chi connectivity index (χ3n) is 2.94. The number of hydrogen-bond donors (Lipinski definition) is 0. The van der Waals surface area contributed by atoms with Crippen molar-refractivity contribution in [3.63, 3.8) is 0 Å². The Labute approximate surface area is 105 Å². The molecule has 0 amide bonds. The first kappa shape index (κ1) is 12.1. The van der Waals surface area contributed by atoms with Gasteiger partial charge in [0.05, 0.1) is 30.3 Å². The zero-order chi connectivity index (χ0) is 11.7. The van der Waals surface area contributed by atoms with E-state index in [0.717, 1.165) is 24.0 Å². The van der Waals surface area contributed by atoms with E-state index in [0.29, 0.717) is 11.9 Å². The molecule has 2 rings (SSSR count). The highest BCUT2D eigenvalue weighted by Crippen LogP contribution is 2.28. The standard InChI is InChI=1S/C11H17ClN2OS/c1-7-6-15-10(4-12)5-14(7)11-13-8(2)9(3)16-11/h7,10H,4-6H2,1-3H3. The smallest absolute Gasteiger partial charge is 0.186 e. The van der Waals surface area contributed by atoms with E-state index in [1.165, 1.54) is 4.88 Å². The van der Waals surface area contributed by atoms with Crippen molar-refractivity contribution in [1.82, 2.24) is 4.98 Å². The third-order valence-corrected chi connectivity index (χ3v) is 4.39. The van der Waals surface area contributed by atoms with Crippen LogP contribution in [0.2, 0.25) is 0 Å². The fourth-order valence-corrected chi connectivity index (χ4v) is 2.96. The molecule has 0 radical (unpaired) electrons. The van der Waals surface area contributed by atoms with Crippen LogP contribution in [0.4, 0.5) is 5.13 Å². The van der Waals surface area contributed by atoms with Crippen molar-refractivity contribution in [3.05, 3.63) is 10.6 Å². The highest BCUT2D eigenvalue weighted by molar-refractivity contribution is 7.15. The lowest BCUT2D eigenvalue weighted by atomic mass is 10.2. The second kappa shape index (κ2) is 4.90. The maximum absolute atomic E-state index is 5.85. The molecule has 0 N–H and O–H groups in total. The Morgan fingerprint density at radius 3 is 2.88 bits per heavy atom. The summed E-state index contributed by atoms with van der Waals surface area (Å²) in [5, 5.41) is 1.10. The van der Waals surface area contributed by atoms with Crippen LogP contribution in [-0.4, -0.2) is 36.2 Å². The lowest BCUT2D eigenvalue weighted by Crippen LogP contribution is -2.49. The molecule has 1 aromatic heterocycles. The predicted molar refractivity (Wildman–Crippen MR) is 68.9 cm³/mol. The van der Waals surface area contributed by atoms with E-state index in [-0.39, 0.29) is 6.10 Å². The average molecular weight is 261 g/mol. The van der Waals surface area contributed by atoms with Crippen molar-refractivity contribution in [3.8, 4) is 0 Å². The summed E-state index contributed by atoms with van der Waals surface area (Å²) in [5.74, 6) is 0.548. The number of nitrogens with zero attached hydrogens (tertiary/aromatic N) is 2. The van der Waals surface area contributed by atoms with Crippen LogP contribution in [0.15, 0.2) is 0 Å². The molecule has 1 aromatic rings. The van der Waals surface area contributed by atoms with Crippen LogP contribution >= 0.6 is 22.9 Å². The molecular formula is C11H17ClN2OS. The fourth-order valence-electron chi connectivity index (χ4n) is 1.76. The first-order valence-corrected chi connectivity index (χ1v) is 6.85. The van der Waals surface area contributed by atoms with Crippen LogP contribution in [0, 0.1) is 13.8 Å². The molecule has 16 heavy (non-hydrogen) atoms. The molecule has 0 saturated carbocycles. The molecule has 1 aliphatic rings. The summed E-state index contributed by atoms with van der Waals surface area (Å²) in [6.45, 7) is 7.91. The molecule has 2 atom stereocenters. The SMILES string of the molecule is Cc1nc(N2CC(CCl)OCC2C)sc1C. The molecule has 5 heteroatoms. The molecule has 90 valence electrons. The van der Waals surface area contributed by atoms with E-state index in [4.69, 9.17) is 16.3 Å². The van der Waals surface area contributed by atoms with Gasteiger partial charge in [-0.1, -0.05) is 0 Å². The van der Waals surface area contributed by atoms with Gasteiger partial charge in [-0.15, -0.1) is 22.9 Å². The van der Waals surface area contributed by atoms with Gasteiger partial charge in [0.15, 0.2) is 5.13 Å². The minimum Gasteiger partial charge on any atom is -0.373 e. The molecule has 0 aromatic carbocycles. The predicted octanol–water partition coefficient (Wildman–Crippen LogP) is 2.59. The lowest BCUT2D eigenvalue weighted by Gasteiger charge is -2.37. The number of aryl methyl sites for hydroxylation is 2. The van der Waals surface area contributed by atoms with E-state index in [9.17, 15) is 0 Å². The van der Waals surface area contributed by atoms with Gasteiger partial charge in [-0.2, -0.15) is 0 Å². The zero-order valence-corrected chi connectivity index (χ0v) is 11.4. The largest absolute Gasteiger partial charge is 0.373 e. The Morgan fingerprint density at radius 2 is 2.31 bits per heavy atom. The molecule has 3 nitrogen and oxygen atoms in total. The minimum absolute atomic E-state index is 0.127. The van der Waals surface area contributed by atoms with Crippen LogP contribution in [0.1, 0.15) is 17.5 Å². The molecule has 1 fully saturated rings. The summed E-state index contributed by atoms with van der Waals surface area (Å²) >= 11 is 7.60. The molecule has 2 unspecified atom stereocenters. The molecular weight excluding hydrogens is 244 g/mol. The minimum atomic E-state index is 0.127. The second-order valence-electron chi connectivity index (χ2n) is 4.25. The Kier molecular flexibility index (Phi) is 3.72. The third kappa shape index (κ3) is 2.34. The summed E-state index contributed by atoms with van der Waals surface area (Å²) in [6.07, 6.45) is 0.127. The number of ether oxygens (including phenoxy) is 1.